The lowest BCUT2D eigenvalue weighted by Crippen LogP contribution is -2.37. The number of para-hydroxylation sites is 1. The van der Waals surface area contributed by atoms with Crippen LogP contribution in [0.5, 0.6) is 0 Å². The van der Waals surface area contributed by atoms with Crippen LogP contribution >= 0.6 is 7.26 Å². The van der Waals surface area contributed by atoms with E-state index in [2.05, 4.69) is 4.98 Å². The number of aromatic nitrogens is 2. The SMILES string of the molecule is O=c1[nH]c(C[P+](C2CCCCC2)(C2CCCCC2)C2CCCCC2)nc2ccccc12. The van der Waals surface area contributed by atoms with Crippen molar-refractivity contribution in [1.82, 2.24) is 9.97 Å². The molecule has 3 nitrogen and oxygen atoms in total. The largest absolute Gasteiger partial charge is 0.307 e. The number of nitrogens with zero attached hydrogens (tertiary/aromatic N) is 1. The second kappa shape index (κ2) is 9.74. The third-order valence-electron chi connectivity index (χ3n) is 8.85. The molecule has 3 fully saturated rings. The molecule has 1 N–H and O–H groups in total. The van der Waals surface area contributed by atoms with Crippen molar-refractivity contribution in [3.05, 3.63) is 40.4 Å². The molecule has 31 heavy (non-hydrogen) atoms. The minimum absolute atomic E-state index is 0.0645. The van der Waals surface area contributed by atoms with Crippen molar-refractivity contribution in [3.8, 4) is 0 Å². The number of benzene rings is 1. The first kappa shape index (κ1) is 21.6. The first-order valence-electron chi connectivity index (χ1n) is 13.1. The van der Waals surface area contributed by atoms with E-state index in [0.29, 0.717) is 0 Å². The summed E-state index contributed by atoms with van der Waals surface area (Å²) < 4.78 is 0. The van der Waals surface area contributed by atoms with E-state index in [1.54, 1.807) is 0 Å². The molecule has 168 valence electrons. The molecular formula is C27H40N2OP+. The number of H-pyrrole nitrogens is 1. The van der Waals surface area contributed by atoms with Crippen LogP contribution in [0.3, 0.4) is 0 Å². The van der Waals surface area contributed by atoms with E-state index in [-0.39, 0.29) is 5.56 Å². The van der Waals surface area contributed by atoms with Crippen LogP contribution in [-0.4, -0.2) is 26.9 Å². The van der Waals surface area contributed by atoms with Gasteiger partial charge in [-0.25, -0.2) is 4.98 Å². The monoisotopic (exact) mass is 439 g/mol. The number of hydrogen-bond acceptors (Lipinski definition) is 2. The molecule has 1 heterocycles. The maximum absolute atomic E-state index is 12.9. The van der Waals surface area contributed by atoms with Gasteiger partial charge in [0.2, 0.25) is 0 Å². The summed E-state index contributed by atoms with van der Waals surface area (Å²) in [6.07, 6.45) is 22.6. The van der Waals surface area contributed by atoms with E-state index in [4.69, 9.17) is 4.98 Å². The van der Waals surface area contributed by atoms with Crippen LogP contribution in [0, 0.1) is 0 Å². The zero-order chi connectivity index (χ0) is 21.1. The minimum atomic E-state index is -1.27. The summed E-state index contributed by atoms with van der Waals surface area (Å²) >= 11 is 0. The smallest absolute Gasteiger partial charge is 0.258 e. The molecule has 3 saturated carbocycles. The molecule has 0 radical (unpaired) electrons. The fraction of sp³-hybridized carbons (Fsp3) is 0.704. The van der Waals surface area contributed by atoms with Gasteiger partial charge in [0.05, 0.1) is 27.9 Å². The summed E-state index contributed by atoms with van der Waals surface area (Å²) in [4.78, 5) is 21.3. The summed E-state index contributed by atoms with van der Waals surface area (Å²) in [5.41, 5.74) is 3.71. The Morgan fingerprint density at radius 1 is 0.742 bits per heavy atom. The van der Waals surface area contributed by atoms with Crippen molar-refractivity contribution in [1.29, 1.82) is 0 Å². The van der Waals surface area contributed by atoms with Crippen LogP contribution in [0.4, 0.5) is 0 Å². The van der Waals surface area contributed by atoms with E-state index in [9.17, 15) is 4.79 Å². The standard InChI is InChI=1S/C27H39N2OP/c30-27-24-18-10-11-19-25(24)28-26(29-27)20-31(21-12-4-1-5-13-21,22-14-6-2-7-15-22)23-16-8-3-9-17-23/h10-11,18-19,21-23H,1-9,12-17,20H2/p+1. The second-order valence-electron chi connectivity index (χ2n) is 10.6. The highest BCUT2D eigenvalue weighted by atomic mass is 31.2. The maximum atomic E-state index is 12.9. The number of fused-ring (bicyclic) bond motifs is 1. The van der Waals surface area contributed by atoms with Crippen molar-refractivity contribution in [2.75, 3.05) is 0 Å². The molecule has 5 rings (SSSR count). The molecule has 0 spiro atoms. The van der Waals surface area contributed by atoms with E-state index >= 15 is 0 Å². The van der Waals surface area contributed by atoms with Crippen molar-refractivity contribution < 1.29 is 0 Å². The molecule has 0 aliphatic heterocycles. The van der Waals surface area contributed by atoms with Crippen LogP contribution in [0.1, 0.15) is 102 Å². The molecule has 0 amide bonds. The number of nitrogens with one attached hydrogen (secondary N) is 1. The van der Waals surface area contributed by atoms with E-state index in [1.165, 1.54) is 96.3 Å². The topological polar surface area (TPSA) is 45.8 Å². The Morgan fingerprint density at radius 3 is 1.74 bits per heavy atom. The summed E-state index contributed by atoms with van der Waals surface area (Å²) in [6.45, 7) is 0. The highest BCUT2D eigenvalue weighted by Gasteiger charge is 2.57. The van der Waals surface area contributed by atoms with Crippen LogP contribution in [-0.2, 0) is 6.16 Å². The summed E-state index contributed by atoms with van der Waals surface area (Å²) in [6, 6.07) is 7.90. The maximum Gasteiger partial charge on any atom is 0.258 e. The van der Waals surface area contributed by atoms with Gasteiger partial charge in [0.15, 0.2) is 0 Å². The highest BCUT2D eigenvalue weighted by Crippen LogP contribution is 2.78. The van der Waals surface area contributed by atoms with Crippen LogP contribution in [0.2, 0.25) is 0 Å². The van der Waals surface area contributed by atoms with Crippen LogP contribution in [0.25, 0.3) is 10.9 Å². The molecular weight excluding hydrogens is 399 g/mol. The Hall–Kier alpha value is -1.21. The number of hydrogen-bond donors (Lipinski definition) is 1. The quantitative estimate of drug-likeness (QED) is 0.492. The summed E-state index contributed by atoms with van der Waals surface area (Å²) in [7, 11) is -1.27. The van der Waals surface area contributed by atoms with Crippen molar-refractivity contribution in [3.63, 3.8) is 0 Å². The molecule has 2 aromatic rings. The van der Waals surface area contributed by atoms with Gasteiger partial charge in [-0.1, -0.05) is 31.4 Å². The van der Waals surface area contributed by atoms with E-state index in [1.807, 2.05) is 24.3 Å². The summed E-state index contributed by atoms with van der Waals surface area (Å²) in [5.74, 6) is 1.01. The molecule has 0 saturated heterocycles. The predicted octanol–water partition coefficient (Wildman–Crippen LogP) is 7.44. The zero-order valence-corrected chi connectivity index (χ0v) is 20.1. The average Bonchev–Trinajstić information content (AvgIpc) is 2.84. The van der Waals surface area contributed by atoms with Gasteiger partial charge in [-0.05, 0) is 89.2 Å². The van der Waals surface area contributed by atoms with Crippen molar-refractivity contribution in [2.45, 2.75) is 119 Å². The predicted molar refractivity (Wildman–Crippen MR) is 134 cm³/mol. The lowest BCUT2D eigenvalue weighted by atomic mass is 9.99. The van der Waals surface area contributed by atoms with Crippen LogP contribution < -0.4 is 5.56 Å². The fourth-order valence-electron chi connectivity index (χ4n) is 7.44. The van der Waals surface area contributed by atoms with Gasteiger partial charge in [-0.3, -0.25) is 4.79 Å². The van der Waals surface area contributed by atoms with Gasteiger partial charge < -0.3 is 4.98 Å². The minimum Gasteiger partial charge on any atom is -0.307 e. The van der Waals surface area contributed by atoms with Gasteiger partial charge in [-0.15, -0.1) is 0 Å². The van der Waals surface area contributed by atoms with Gasteiger partial charge >= 0.3 is 0 Å². The highest BCUT2D eigenvalue weighted by molar-refractivity contribution is 7.77. The molecule has 4 heteroatoms. The fourth-order valence-corrected chi connectivity index (χ4v) is 14.6. The number of aromatic amines is 1. The van der Waals surface area contributed by atoms with E-state index < -0.39 is 7.26 Å². The molecule has 3 aliphatic carbocycles. The first-order chi connectivity index (χ1) is 15.3. The van der Waals surface area contributed by atoms with Crippen LogP contribution in [0.15, 0.2) is 29.1 Å². The third-order valence-corrected chi connectivity index (χ3v) is 15.3. The molecule has 0 atom stereocenters. The molecule has 3 aliphatic rings. The molecule has 0 unspecified atom stereocenters. The van der Waals surface area contributed by atoms with Gasteiger partial charge in [0.1, 0.15) is 12.0 Å². The van der Waals surface area contributed by atoms with Gasteiger partial charge in [0.25, 0.3) is 5.56 Å². The van der Waals surface area contributed by atoms with E-state index in [0.717, 1.165) is 39.9 Å². The third kappa shape index (κ3) is 4.37. The average molecular weight is 440 g/mol. The first-order valence-corrected chi connectivity index (χ1v) is 15.3. The Kier molecular flexibility index (Phi) is 6.79. The second-order valence-corrected chi connectivity index (χ2v) is 15.1. The zero-order valence-electron chi connectivity index (χ0n) is 19.2. The molecule has 0 bridgehead atoms. The Bertz CT molecular complexity index is 875. The summed E-state index contributed by atoms with van der Waals surface area (Å²) in [5, 5.41) is 0.739. The molecule has 1 aromatic carbocycles. The van der Waals surface area contributed by atoms with Gasteiger partial charge in [0, 0.05) is 7.26 Å². The normalized spacial score (nSPS) is 22.7. The van der Waals surface area contributed by atoms with Crippen molar-refractivity contribution in [2.24, 2.45) is 0 Å². The lowest BCUT2D eigenvalue weighted by molar-refractivity contribution is 0.449. The Labute approximate surface area is 188 Å². The lowest BCUT2D eigenvalue weighted by Gasteiger charge is -2.48. The number of rotatable bonds is 5. The van der Waals surface area contributed by atoms with Gasteiger partial charge in [-0.2, -0.15) is 0 Å². The Morgan fingerprint density at radius 2 is 1.23 bits per heavy atom. The molecule has 1 aromatic heterocycles. The Balaban J connectivity index is 1.60. The van der Waals surface area contributed by atoms with Crippen molar-refractivity contribution >= 4 is 18.2 Å².